The van der Waals surface area contributed by atoms with Crippen molar-refractivity contribution >= 4 is 5.91 Å². The lowest BCUT2D eigenvalue weighted by Crippen LogP contribution is -2.28. The van der Waals surface area contributed by atoms with Gasteiger partial charge >= 0.3 is 0 Å². The third-order valence-corrected chi connectivity index (χ3v) is 3.36. The number of hydrogen-bond acceptors (Lipinski definition) is 3. The first-order chi connectivity index (χ1) is 10.9. The topological polar surface area (TPSA) is 58.6 Å². The fraction of sp³-hybridized carbons (Fsp3) is 0.278. The van der Waals surface area contributed by atoms with Gasteiger partial charge in [0.1, 0.15) is 11.6 Å². The van der Waals surface area contributed by atoms with Crippen LogP contribution in [0.2, 0.25) is 0 Å². The number of benzene rings is 2. The third-order valence-electron chi connectivity index (χ3n) is 3.36. The van der Waals surface area contributed by atoms with Gasteiger partial charge in [-0.1, -0.05) is 30.3 Å². The Balaban J connectivity index is 1.81. The van der Waals surface area contributed by atoms with Gasteiger partial charge in [-0.3, -0.25) is 4.79 Å². The van der Waals surface area contributed by atoms with Crippen LogP contribution in [0.4, 0.5) is 4.39 Å². The van der Waals surface area contributed by atoms with E-state index in [9.17, 15) is 14.3 Å². The molecule has 0 heterocycles. The van der Waals surface area contributed by atoms with Gasteiger partial charge in [0.05, 0.1) is 5.60 Å². The maximum absolute atomic E-state index is 13.4. The van der Waals surface area contributed by atoms with Crippen LogP contribution in [0.15, 0.2) is 48.5 Å². The summed E-state index contributed by atoms with van der Waals surface area (Å²) in [6, 6.07) is 13.1. The van der Waals surface area contributed by atoms with Crippen molar-refractivity contribution in [1.29, 1.82) is 0 Å². The van der Waals surface area contributed by atoms with E-state index in [4.69, 9.17) is 4.74 Å². The fourth-order valence-corrected chi connectivity index (χ4v) is 1.99. The van der Waals surface area contributed by atoms with Crippen molar-refractivity contribution in [1.82, 2.24) is 5.32 Å². The van der Waals surface area contributed by atoms with Crippen LogP contribution in [0.3, 0.4) is 0 Å². The maximum atomic E-state index is 13.4. The third kappa shape index (κ3) is 5.07. The van der Waals surface area contributed by atoms with Gasteiger partial charge in [0.15, 0.2) is 6.61 Å². The van der Waals surface area contributed by atoms with Crippen molar-refractivity contribution in [3.05, 3.63) is 65.5 Å². The number of aliphatic hydroxyl groups is 1. The summed E-state index contributed by atoms with van der Waals surface area (Å²) in [4.78, 5) is 11.7. The van der Waals surface area contributed by atoms with E-state index in [1.54, 1.807) is 56.3 Å². The molecule has 122 valence electrons. The molecular formula is C18H20FNO3. The minimum absolute atomic E-state index is 0.118. The lowest BCUT2D eigenvalue weighted by Gasteiger charge is -2.17. The highest BCUT2D eigenvalue weighted by molar-refractivity contribution is 5.77. The number of nitrogens with one attached hydrogen (secondary N) is 1. The van der Waals surface area contributed by atoms with E-state index in [-0.39, 0.29) is 24.9 Å². The largest absolute Gasteiger partial charge is 0.484 e. The van der Waals surface area contributed by atoms with E-state index < -0.39 is 5.60 Å². The van der Waals surface area contributed by atoms with Crippen molar-refractivity contribution in [3.63, 3.8) is 0 Å². The molecule has 0 aliphatic carbocycles. The van der Waals surface area contributed by atoms with Crippen LogP contribution < -0.4 is 10.1 Å². The predicted octanol–water partition coefficient (Wildman–Crippen LogP) is 2.75. The lowest BCUT2D eigenvalue weighted by molar-refractivity contribution is -0.123. The number of carbonyl (C=O) groups is 1. The monoisotopic (exact) mass is 317 g/mol. The quantitative estimate of drug-likeness (QED) is 0.861. The SMILES string of the molecule is CC(C)(O)c1ccc(OCC(=O)NCc2ccccc2F)cc1. The second kappa shape index (κ2) is 7.24. The van der Waals surface area contributed by atoms with Gasteiger partial charge in [0, 0.05) is 12.1 Å². The van der Waals surface area contributed by atoms with E-state index in [0.29, 0.717) is 11.3 Å². The highest BCUT2D eigenvalue weighted by Gasteiger charge is 2.15. The minimum atomic E-state index is -0.921. The average molecular weight is 317 g/mol. The number of ether oxygens (including phenoxy) is 1. The van der Waals surface area contributed by atoms with Crippen LogP contribution in [0.1, 0.15) is 25.0 Å². The second-order valence-corrected chi connectivity index (χ2v) is 5.74. The van der Waals surface area contributed by atoms with E-state index in [2.05, 4.69) is 5.32 Å². The maximum Gasteiger partial charge on any atom is 0.258 e. The van der Waals surface area contributed by atoms with Gasteiger partial charge in [0.2, 0.25) is 0 Å². The zero-order valence-electron chi connectivity index (χ0n) is 13.2. The predicted molar refractivity (Wildman–Crippen MR) is 85.4 cm³/mol. The Kier molecular flexibility index (Phi) is 5.34. The zero-order chi connectivity index (χ0) is 16.9. The molecule has 1 amide bonds. The van der Waals surface area contributed by atoms with Crippen LogP contribution >= 0.6 is 0 Å². The smallest absolute Gasteiger partial charge is 0.258 e. The summed E-state index contributed by atoms with van der Waals surface area (Å²) in [5.41, 5.74) is 0.264. The summed E-state index contributed by atoms with van der Waals surface area (Å²) < 4.78 is 18.8. The Morgan fingerprint density at radius 1 is 1.17 bits per heavy atom. The minimum Gasteiger partial charge on any atom is -0.484 e. The fourth-order valence-electron chi connectivity index (χ4n) is 1.99. The highest BCUT2D eigenvalue weighted by Crippen LogP contribution is 2.22. The van der Waals surface area contributed by atoms with Crippen LogP contribution in [0.5, 0.6) is 5.75 Å². The lowest BCUT2D eigenvalue weighted by atomic mass is 9.99. The van der Waals surface area contributed by atoms with Gasteiger partial charge in [-0.15, -0.1) is 0 Å². The molecule has 4 nitrogen and oxygen atoms in total. The van der Waals surface area contributed by atoms with E-state index in [1.165, 1.54) is 6.07 Å². The molecule has 0 aromatic heterocycles. The van der Waals surface area contributed by atoms with Crippen molar-refractivity contribution < 1.29 is 19.0 Å². The molecule has 0 unspecified atom stereocenters. The normalized spacial score (nSPS) is 11.1. The summed E-state index contributed by atoms with van der Waals surface area (Å²) in [5, 5.41) is 12.5. The zero-order valence-corrected chi connectivity index (χ0v) is 13.2. The molecule has 0 radical (unpaired) electrons. The van der Waals surface area contributed by atoms with E-state index >= 15 is 0 Å². The summed E-state index contributed by atoms with van der Waals surface area (Å²) in [6.07, 6.45) is 0. The van der Waals surface area contributed by atoms with Crippen LogP contribution in [0, 0.1) is 5.82 Å². The molecule has 0 atom stereocenters. The summed E-state index contributed by atoms with van der Waals surface area (Å²) >= 11 is 0. The molecule has 23 heavy (non-hydrogen) atoms. The average Bonchev–Trinajstić information content (AvgIpc) is 2.51. The molecule has 2 rings (SSSR count). The number of rotatable bonds is 6. The Morgan fingerprint density at radius 2 is 1.83 bits per heavy atom. The van der Waals surface area contributed by atoms with Gasteiger partial charge in [0.25, 0.3) is 5.91 Å². The summed E-state index contributed by atoms with van der Waals surface area (Å²) in [5.74, 6) is -0.158. The van der Waals surface area contributed by atoms with Crippen molar-refractivity contribution in [2.45, 2.75) is 26.0 Å². The molecule has 0 saturated carbocycles. The Labute approximate surface area is 134 Å². The highest BCUT2D eigenvalue weighted by atomic mass is 19.1. The first-order valence-corrected chi connectivity index (χ1v) is 7.32. The number of amides is 1. The van der Waals surface area contributed by atoms with Crippen LogP contribution in [-0.4, -0.2) is 17.6 Å². The molecule has 5 heteroatoms. The molecule has 0 aliphatic rings. The molecule has 2 aromatic rings. The van der Waals surface area contributed by atoms with Crippen molar-refractivity contribution in [2.75, 3.05) is 6.61 Å². The Bertz CT molecular complexity index is 663. The Morgan fingerprint density at radius 3 is 2.43 bits per heavy atom. The summed E-state index contributed by atoms with van der Waals surface area (Å²) in [7, 11) is 0. The van der Waals surface area contributed by atoms with Gasteiger partial charge in [-0.2, -0.15) is 0 Å². The molecule has 0 saturated heterocycles. The number of carbonyl (C=O) groups excluding carboxylic acids is 1. The number of halogens is 1. The first-order valence-electron chi connectivity index (χ1n) is 7.32. The van der Waals surface area contributed by atoms with Gasteiger partial charge in [-0.25, -0.2) is 4.39 Å². The molecular weight excluding hydrogens is 297 g/mol. The standard InChI is InChI=1S/C18H20FNO3/c1-18(2,22)14-7-9-15(10-8-14)23-12-17(21)20-11-13-5-3-4-6-16(13)19/h3-10,22H,11-12H2,1-2H3,(H,20,21). The number of hydrogen-bond donors (Lipinski definition) is 2. The van der Waals surface area contributed by atoms with Crippen molar-refractivity contribution in [2.24, 2.45) is 0 Å². The second-order valence-electron chi connectivity index (χ2n) is 5.74. The van der Waals surface area contributed by atoms with Crippen LogP contribution in [0.25, 0.3) is 0 Å². The first kappa shape index (κ1) is 17.0. The Hall–Kier alpha value is -2.40. The molecule has 0 spiro atoms. The van der Waals surface area contributed by atoms with Crippen molar-refractivity contribution in [3.8, 4) is 5.75 Å². The summed E-state index contributed by atoms with van der Waals surface area (Å²) in [6.45, 7) is 3.35. The molecule has 0 fully saturated rings. The molecule has 2 N–H and O–H groups in total. The van der Waals surface area contributed by atoms with Gasteiger partial charge in [-0.05, 0) is 37.6 Å². The van der Waals surface area contributed by atoms with Gasteiger partial charge < -0.3 is 15.2 Å². The molecule has 0 bridgehead atoms. The van der Waals surface area contributed by atoms with E-state index in [0.717, 1.165) is 5.56 Å². The molecule has 0 aliphatic heterocycles. The van der Waals surface area contributed by atoms with E-state index in [1.807, 2.05) is 0 Å². The van der Waals surface area contributed by atoms with Crippen LogP contribution in [-0.2, 0) is 16.9 Å². The molecule has 2 aromatic carbocycles.